The molecule has 1 aromatic carbocycles. The fourth-order valence-electron chi connectivity index (χ4n) is 1.88. The molecule has 0 radical (unpaired) electrons. The van der Waals surface area contributed by atoms with Crippen LogP contribution in [0.3, 0.4) is 0 Å². The third-order valence-corrected chi connectivity index (χ3v) is 4.70. The quantitative estimate of drug-likeness (QED) is 0.536. The Bertz CT molecular complexity index is 922. The molecule has 0 unspecified atom stereocenters. The van der Waals surface area contributed by atoms with Gasteiger partial charge in [0.1, 0.15) is 5.01 Å². The van der Waals surface area contributed by atoms with Gasteiger partial charge in [0.15, 0.2) is 5.16 Å². The molecule has 9 heteroatoms. The van der Waals surface area contributed by atoms with Crippen LogP contribution >= 0.6 is 23.1 Å². The van der Waals surface area contributed by atoms with Gasteiger partial charge in [0.05, 0.1) is 5.75 Å². The predicted molar refractivity (Wildman–Crippen MR) is 94.3 cm³/mol. The Labute approximate surface area is 145 Å². The third kappa shape index (κ3) is 4.27. The van der Waals surface area contributed by atoms with Gasteiger partial charge in [-0.3, -0.25) is 14.9 Å². The van der Waals surface area contributed by atoms with Crippen LogP contribution in [0.25, 0.3) is 10.6 Å². The van der Waals surface area contributed by atoms with Gasteiger partial charge in [-0.25, -0.2) is 4.98 Å². The second-order valence-electron chi connectivity index (χ2n) is 4.86. The average Bonchev–Trinajstić information content (AvgIpc) is 3.01. The van der Waals surface area contributed by atoms with E-state index in [1.807, 2.05) is 31.2 Å². The number of thioether (sulfide) groups is 1. The van der Waals surface area contributed by atoms with Gasteiger partial charge in [0.2, 0.25) is 11.0 Å². The molecule has 24 heavy (non-hydrogen) atoms. The van der Waals surface area contributed by atoms with E-state index in [0.717, 1.165) is 27.9 Å². The molecule has 122 valence electrons. The number of benzene rings is 1. The summed E-state index contributed by atoms with van der Waals surface area (Å²) in [5.41, 5.74) is 1.85. The van der Waals surface area contributed by atoms with Crippen LogP contribution in [0.4, 0.5) is 5.13 Å². The largest absolute Gasteiger partial charge is 0.301 e. The van der Waals surface area contributed by atoms with Crippen LogP contribution in [-0.2, 0) is 4.79 Å². The molecule has 2 aromatic heterocycles. The van der Waals surface area contributed by atoms with Gasteiger partial charge in [0.25, 0.3) is 5.56 Å². The Morgan fingerprint density at radius 2 is 2.21 bits per heavy atom. The van der Waals surface area contributed by atoms with Crippen molar-refractivity contribution in [3.8, 4) is 10.6 Å². The van der Waals surface area contributed by atoms with Gasteiger partial charge < -0.3 is 4.98 Å². The van der Waals surface area contributed by atoms with Gasteiger partial charge in [-0.05, 0) is 13.0 Å². The minimum absolute atomic E-state index is 0.117. The molecule has 1 amide bonds. The SMILES string of the molecule is Cc1cccc(-c2nnc(NC(=O)CSc3nccc(=O)[nH]3)s2)c1. The highest BCUT2D eigenvalue weighted by Crippen LogP contribution is 2.26. The lowest BCUT2D eigenvalue weighted by Gasteiger charge is -2.00. The van der Waals surface area contributed by atoms with Crippen molar-refractivity contribution in [2.24, 2.45) is 0 Å². The van der Waals surface area contributed by atoms with E-state index in [0.29, 0.717) is 10.3 Å². The van der Waals surface area contributed by atoms with E-state index in [4.69, 9.17) is 0 Å². The first-order chi connectivity index (χ1) is 11.6. The molecule has 0 aliphatic carbocycles. The van der Waals surface area contributed by atoms with Crippen LogP contribution in [0.15, 0.2) is 46.5 Å². The number of nitrogens with zero attached hydrogens (tertiary/aromatic N) is 3. The van der Waals surface area contributed by atoms with Gasteiger partial charge in [-0.15, -0.1) is 10.2 Å². The van der Waals surface area contributed by atoms with E-state index in [9.17, 15) is 9.59 Å². The van der Waals surface area contributed by atoms with Crippen LogP contribution < -0.4 is 10.9 Å². The minimum Gasteiger partial charge on any atom is -0.301 e. The summed E-state index contributed by atoms with van der Waals surface area (Å²) in [7, 11) is 0. The second-order valence-corrected chi connectivity index (χ2v) is 6.80. The summed E-state index contributed by atoms with van der Waals surface area (Å²) in [6.45, 7) is 2.01. The number of aromatic amines is 1. The zero-order chi connectivity index (χ0) is 16.9. The molecule has 0 aliphatic rings. The average molecular weight is 359 g/mol. The summed E-state index contributed by atoms with van der Waals surface area (Å²) >= 11 is 2.46. The Balaban J connectivity index is 1.60. The Morgan fingerprint density at radius 3 is 3.00 bits per heavy atom. The lowest BCUT2D eigenvalue weighted by Crippen LogP contribution is -2.15. The summed E-state index contributed by atoms with van der Waals surface area (Å²) in [5, 5.41) is 12.4. The number of amides is 1. The van der Waals surface area contributed by atoms with Gasteiger partial charge in [0, 0.05) is 17.8 Å². The zero-order valence-corrected chi connectivity index (χ0v) is 14.3. The molecular weight excluding hydrogens is 346 g/mol. The summed E-state index contributed by atoms with van der Waals surface area (Å²) < 4.78 is 0. The first-order valence-corrected chi connectivity index (χ1v) is 8.79. The van der Waals surface area contributed by atoms with Gasteiger partial charge in [-0.2, -0.15) is 0 Å². The fraction of sp³-hybridized carbons (Fsp3) is 0.133. The molecule has 0 saturated carbocycles. The summed E-state index contributed by atoms with van der Waals surface area (Å²) in [4.78, 5) is 29.6. The van der Waals surface area contributed by atoms with E-state index in [-0.39, 0.29) is 17.2 Å². The molecule has 0 spiro atoms. The van der Waals surface area contributed by atoms with Crippen molar-refractivity contribution >= 4 is 34.1 Å². The summed E-state index contributed by atoms with van der Waals surface area (Å²) in [5.74, 6) is -0.120. The lowest BCUT2D eigenvalue weighted by atomic mass is 10.1. The van der Waals surface area contributed by atoms with E-state index >= 15 is 0 Å². The normalized spacial score (nSPS) is 10.5. The molecule has 2 N–H and O–H groups in total. The van der Waals surface area contributed by atoms with Crippen molar-refractivity contribution in [1.82, 2.24) is 20.2 Å². The first kappa shape index (κ1) is 16.3. The number of rotatable bonds is 5. The van der Waals surface area contributed by atoms with Crippen molar-refractivity contribution < 1.29 is 4.79 Å². The molecule has 0 aliphatic heterocycles. The smallest absolute Gasteiger partial charge is 0.251 e. The second kappa shape index (κ2) is 7.37. The Kier molecular flexibility index (Phi) is 5.02. The third-order valence-electron chi connectivity index (χ3n) is 2.92. The highest BCUT2D eigenvalue weighted by molar-refractivity contribution is 7.99. The molecule has 3 aromatic rings. The molecule has 0 bridgehead atoms. The molecule has 2 heterocycles. The molecule has 0 fully saturated rings. The van der Waals surface area contributed by atoms with Crippen LogP contribution in [0.1, 0.15) is 5.56 Å². The highest BCUT2D eigenvalue weighted by Gasteiger charge is 2.10. The fourth-order valence-corrected chi connectivity index (χ4v) is 3.29. The van der Waals surface area contributed by atoms with Gasteiger partial charge >= 0.3 is 0 Å². The van der Waals surface area contributed by atoms with E-state index in [1.54, 1.807) is 0 Å². The number of H-pyrrole nitrogens is 1. The number of carbonyl (C=O) groups is 1. The van der Waals surface area contributed by atoms with Crippen LogP contribution in [0, 0.1) is 6.92 Å². The maximum Gasteiger partial charge on any atom is 0.251 e. The molecule has 0 saturated heterocycles. The van der Waals surface area contributed by atoms with Gasteiger partial charge in [-0.1, -0.05) is 46.9 Å². The molecule has 0 atom stereocenters. The zero-order valence-electron chi connectivity index (χ0n) is 12.6. The highest BCUT2D eigenvalue weighted by atomic mass is 32.2. The van der Waals surface area contributed by atoms with Crippen LogP contribution in [0.5, 0.6) is 0 Å². The lowest BCUT2D eigenvalue weighted by molar-refractivity contribution is -0.113. The molecular formula is C15H13N5O2S2. The molecule has 7 nitrogen and oxygen atoms in total. The number of hydrogen-bond acceptors (Lipinski definition) is 7. The van der Waals surface area contributed by atoms with Crippen LogP contribution in [-0.4, -0.2) is 31.8 Å². The number of aromatic nitrogens is 4. The number of nitrogens with one attached hydrogen (secondary N) is 2. The topological polar surface area (TPSA) is 101 Å². The van der Waals surface area contributed by atoms with Crippen molar-refractivity contribution in [3.05, 3.63) is 52.4 Å². The standard InChI is InChI=1S/C15H13N5O2S2/c1-9-3-2-4-10(7-9)13-19-20-15(24-13)18-12(22)8-23-14-16-6-5-11(21)17-14/h2-7H,8H2,1H3,(H,16,17,21)(H,18,20,22). The number of carbonyl (C=O) groups excluding carboxylic acids is 1. The Morgan fingerprint density at radius 1 is 1.33 bits per heavy atom. The summed E-state index contributed by atoms with van der Waals surface area (Å²) in [6.07, 6.45) is 1.40. The summed E-state index contributed by atoms with van der Waals surface area (Å²) in [6, 6.07) is 9.24. The predicted octanol–water partition coefficient (Wildman–Crippen LogP) is 2.33. The minimum atomic E-state index is -0.250. The van der Waals surface area contributed by atoms with Crippen LogP contribution in [0.2, 0.25) is 0 Å². The van der Waals surface area contributed by atoms with Crippen molar-refractivity contribution in [2.75, 3.05) is 11.1 Å². The first-order valence-electron chi connectivity index (χ1n) is 6.99. The number of hydrogen-bond donors (Lipinski definition) is 2. The van der Waals surface area contributed by atoms with Crippen molar-refractivity contribution in [2.45, 2.75) is 12.1 Å². The number of anilines is 1. The Hall–Kier alpha value is -2.52. The number of aryl methyl sites for hydroxylation is 1. The molecule has 3 rings (SSSR count). The van der Waals surface area contributed by atoms with E-state index in [2.05, 4.69) is 25.5 Å². The maximum atomic E-state index is 12.0. The maximum absolute atomic E-state index is 12.0. The van der Waals surface area contributed by atoms with Crippen molar-refractivity contribution in [1.29, 1.82) is 0 Å². The van der Waals surface area contributed by atoms with E-state index < -0.39 is 0 Å². The monoisotopic (exact) mass is 359 g/mol. The van der Waals surface area contributed by atoms with Crippen molar-refractivity contribution in [3.63, 3.8) is 0 Å². The van der Waals surface area contributed by atoms with E-state index in [1.165, 1.54) is 23.6 Å².